The van der Waals surface area contributed by atoms with Crippen molar-refractivity contribution >= 4 is 34.8 Å². The van der Waals surface area contributed by atoms with Crippen molar-refractivity contribution in [2.75, 3.05) is 44.8 Å². The fourth-order valence-corrected chi connectivity index (χ4v) is 3.54. The Balaban J connectivity index is 1.34. The first-order valence-corrected chi connectivity index (χ1v) is 11.0. The Morgan fingerprint density at radius 2 is 1.81 bits per heavy atom. The van der Waals surface area contributed by atoms with Gasteiger partial charge in [-0.1, -0.05) is 29.3 Å². The van der Waals surface area contributed by atoms with Crippen LogP contribution in [0.15, 0.2) is 54.9 Å². The molecule has 1 saturated heterocycles. The Labute approximate surface area is 196 Å². The lowest BCUT2D eigenvalue weighted by Gasteiger charge is -2.26. The zero-order valence-electron chi connectivity index (χ0n) is 17.3. The van der Waals surface area contributed by atoms with Gasteiger partial charge in [0.25, 0.3) is 5.91 Å². The highest BCUT2D eigenvalue weighted by Gasteiger charge is 2.12. The number of amides is 1. The van der Waals surface area contributed by atoms with Gasteiger partial charge >= 0.3 is 0 Å². The van der Waals surface area contributed by atoms with E-state index in [-0.39, 0.29) is 11.6 Å². The second-order valence-electron chi connectivity index (χ2n) is 7.20. The summed E-state index contributed by atoms with van der Waals surface area (Å²) in [6.07, 6.45) is 1.35. The van der Waals surface area contributed by atoms with Crippen LogP contribution >= 0.6 is 23.2 Å². The van der Waals surface area contributed by atoms with Crippen LogP contribution < -0.4 is 10.1 Å². The molecular formula is C23H22Cl2N4O3. The topological polar surface area (TPSA) is 76.6 Å². The number of anilines is 1. The second kappa shape index (κ2) is 10.7. The van der Waals surface area contributed by atoms with Crippen molar-refractivity contribution in [2.45, 2.75) is 0 Å². The van der Waals surface area contributed by atoms with Gasteiger partial charge in [0.15, 0.2) is 0 Å². The van der Waals surface area contributed by atoms with Crippen LogP contribution in [0.1, 0.15) is 10.5 Å². The first-order chi connectivity index (χ1) is 15.6. The number of morpholine rings is 1. The predicted molar refractivity (Wildman–Crippen MR) is 125 cm³/mol. The minimum Gasteiger partial charge on any atom is -0.492 e. The highest BCUT2D eigenvalue weighted by Crippen LogP contribution is 2.27. The van der Waals surface area contributed by atoms with Gasteiger partial charge in [-0.15, -0.1) is 0 Å². The quantitative estimate of drug-likeness (QED) is 0.548. The van der Waals surface area contributed by atoms with Crippen LogP contribution in [0, 0.1) is 0 Å². The Hall–Kier alpha value is -2.71. The fourth-order valence-electron chi connectivity index (χ4n) is 3.24. The van der Waals surface area contributed by atoms with Gasteiger partial charge in [0.2, 0.25) is 0 Å². The third kappa shape index (κ3) is 5.95. The smallest absolute Gasteiger partial charge is 0.274 e. The average molecular weight is 473 g/mol. The molecule has 7 nitrogen and oxygen atoms in total. The summed E-state index contributed by atoms with van der Waals surface area (Å²) in [6, 6.07) is 14.0. The average Bonchev–Trinajstić information content (AvgIpc) is 2.83. The van der Waals surface area contributed by atoms with E-state index < -0.39 is 0 Å². The lowest BCUT2D eigenvalue weighted by atomic mass is 10.1. The first kappa shape index (κ1) is 22.5. The van der Waals surface area contributed by atoms with E-state index in [1.54, 1.807) is 36.4 Å². The van der Waals surface area contributed by atoms with Gasteiger partial charge in [-0.3, -0.25) is 9.69 Å². The van der Waals surface area contributed by atoms with Gasteiger partial charge in [-0.25, -0.2) is 9.97 Å². The zero-order chi connectivity index (χ0) is 22.3. The van der Waals surface area contributed by atoms with E-state index in [2.05, 4.69) is 20.2 Å². The molecular weight excluding hydrogens is 451 g/mol. The first-order valence-electron chi connectivity index (χ1n) is 10.2. The number of rotatable bonds is 7. The monoisotopic (exact) mass is 472 g/mol. The molecule has 3 aromatic rings. The maximum atomic E-state index is 12.7. The molecule has 1 aliphatic rings. The molecule has 32 heavy (non-hydrogen) atoms. The van der Waals surface area contributed by atoms with E-state index in [1.807, 2.05) is 12.1 Å². The van der Waals surface area contributed by atoms with E-state index in [0.717, 1.165) is 44.2 Å². The van der Waals surface area contributed by atoms with Crippen molar-refractivity contribution < 1.29 is 14.3 Å². The maximum absolute atomic E-state index is 12.7. The summed E-state index contributed by atoms with van der Waals surface area (Å²) in [5, 5.41) is 3.71. The number of aromatic nitrogens is 2. The molecule has 2 aromatic carbocycles. The van der Waals surface area contributed by atoms with Crippen LogP contribution in [0.4, 0.5) is 5.69 Å². The SMILES string of the molecule is O=C(Nc1ccc(OCCN2CCOCC2)cc1)c1cc(-c2ccc(Cl)c(Cl)c2)ncn1. The van der Waals surface area contributed by atoms with Gasteiger partial charge in [0.05, 0.1) is 29.0 Å². The summed E-state index contributed by atoms with van der Waals surface area (Å²) in [4.78, 5) is 23.3. The molecule has 4 rings (SSSR count). The van der Waals surface area contributed by atoms with Crippen LogP contribution in [0.3, 0.4) is 0 Å². The lowest BCUT2D eigenvalue weighted by Crippen LogP contribution is -2.38. The van der Waals surface area contributed by atoms with E-state index in [1.165, 1.54) is 6.33 Å². The van der Waals surface area contributed by atoms with Crippen molar-refractivity contribution in [1.29, 1.82) is 0 Å². The normalized spacial score (nSPS) is 14.2. The summed E-state index contributed by atoms with van der Waals surface area (Å²) >= 11 is 12.1. The molecule has 0 aliphatic carbocycles. The Morgan fingerprint density at radius 3 is 2.56 bits per heavy atom. The second-order valence-corrected chi connectivity index (χ2v) is 8.01. The lowest BCUT2D eigenvalue weighted by molar-refractivity contribution is 0.0322. The summed E-state index contributed by atoms with van der Waals surface area (Å²) < 4.78 is 11.1. The van der Waals surface area contributed by atoms with E-state index in [0.29, 0.717) is 28.0 Å². The molecule has 0 radical (unpaired) electrons. The summed E-state index contributed by atoms with van der Waals surface area (Å²) in [5.41, 5.74) is 2.21. The molecule has 0 spiro atoms. The molecule has 1 N–H and O–H groups in total. The number of nitrogens with one attached hydrogen (secondary N) is 1. The van der Waals surface area contributed by atoms with Gasteiger partial charge in [-0.05, 0) is 42.5 Å². The molecule has 1 amide bonds. The molecule has 0 unspecified atom stereocenters. The number of benzene rings is 2. The molecule has 0 atom stereocenters. The molecule has 0 bridgehead atoms. The number of nitrogens with zero attached hydrogens (tertiary/aromatic N) is 3. The van der Waals surface area contributed by atoms with Crippen molar-refractivity contribution in [3.63, 3.8) is 0 Å². The summed E-state index contributed by atoms with van der Waals surface area (Å²) in [5.74, 6) is 0.412. The van der Waals surface area contributed by atoms with E-state index >= 15 is 0 Å². The largest absolute Gasteiger partial charge is 0.492 e. The van der Waals surface area contributed by atoms with Gasteiger partial charge in [0.1, 0.15) is 24.4 Å². The number of hydrogen-bond donors (Lipinski definition) is 1. The maximum Gasteiger partial charge on any atom is 0.274 e. The molecule has 2 heterocycles. The van der Waals surface area contributed by atoms with Crippen LogP contribution in [0.2, 0.25) is 10.0 Å². The van der Waals surface area contributed by atoms with Crippen LogP contribution in [0.5, 0.6) is 5.75 Å². The standard InChI is InChI=1S/C23H22Cl2N4O3/c24-19-6-1-16(13-20(19)25)21-14-22(27-15-26-21)23(30)28-17-2-4-18(5-3-17)32-12-9-29-7-10-31-11-8-29/h1-6,13-15H,7-12H2,(H,28,30). The minimum absolute atomic E-state index is 0.243. The molecule has 1 aromatic heterocycles. The molecule has 1 aliphatic heterocycles. The fraction of sp³-hybridized carbons (Fsp3) is 0.261. The summed E-state index contributed by atoms with van der Waals surface area (Å²) in [7, 11) is 0. The van der Waals surface area contributed by atoms with Crippen molar-refractivity contribution in [2.24, 2.45) is 0 Å². The number of ether oxygens (including phenoxy) is 2. The Kier molecular flexibility index (Phi) is 7.55. The molecule has 0 saturated carbocycles. The van der Waals surface area contributed by atoms with Gasteiger partial charge in [0, 0.05) is 30.9 Å². The number of halogens is 2. The van der Waals surface area contributed by atoms with E-state index in [4.69, 9.17) is 32.7 Å². The predicted octanol–water partition coefficient (Wildman–Crippen LogP) is 4.41. The highest BCUT2D eigenvalue weighted by molar-refractivity contribution is 6.42. The number of hydrogen-bond acceptors (Lipinski definition) is 6. The molecule has 9 heteroatoms. The van der Waals surface area contributed by atoms with E-state index in [9.17, 15) is 4.79 Å². The number of carbonyl (C=O) groups is 1. The summed E-state index contributed by atoms with van der Waals surface area (Å²) in [6.45, 7) is 4.88. The Morgan fingerprint density at radius 1 is 1.03 bits per heavy atom. The Bertz CT molecular complexity index is 1070. The highest BCUT2D eigenvalue weighted by atomic mass is 35.5. The zero-order valence-corrected chi connectivity index (χ0v) is 18.8. The van der Waals surface area contributed by atoms with Crippen molar-refractivity contribution in [1.82, 2.24) is 14.9 Å². The molecule has 166 valence electrons. The molecule has 1 fully saturated rings. The minimum atomic E-state index is -0.338. The number of carbonyl (C=O) groups excluding carboxylic acids is 1. The van der Waals surface area contributed by atoms with Crippen molar-refractivity contribution in [3.05, 3.63) is 70.6 Å². The van der Waals surface area contributed by atoms with Gasteiger partial charge in [-0.2, -0.15) is 0 Å². The van der Waals surface area contributed by atoms with Crippen LogP contribution in [0.25, 0.3) is 11.3 Å². The third-order valence-electron chi connectivity index (χ3n) is 5.01. The third-order valence-corrected chi connectivity index (χ3v) is 5.75. The van der Waals surface area contributed by atoms with Crippen LogP contribution in [-0.4, -0.2) is 60.2 Å². The van der Waals surface area contributed by atoms with Crippen LogP contribution in [-0.2, 0) is 4.74 Å². The van der Waals surface area contributed by atoms with Gasteiger partial charge < -0.3 is 14.8 Å². The van der Waals surface area contributed by atoms with Crippen molar-refractivity contribution in [3.8, 4) is 17.0 Å².